The summed E-state index contributed by atoms with van der Waals surface area (Å²) in [5, 5.41) is 7.58. The number of aromatic amines is 2. The van der Waals surface area contributed by atoms with Crippen molar-refractivity contribution in [3.05, 3.63) is 71.4 Å². The van der Waals surface area contributed by atoms with Gasteiger partial charge in [0.15, 0.2) is 0 Å². The van der Waals surface area contributed by atoms with Crippen molar-refractivity contribution in [1.29, 1.82) is 0 Å². The van der Waals surface area contributed by atoms with E-state index in [1.54, 1.807) is 6.20 Å². The largest absolute Gasteiger partial charge is 0.457 e. The van der Waals surface area contributed by atoms with Gasteiger partial charge in [-0.15, -0.1) is 0 Å². The van der Waals surface area contributed by atoms with E-state index in [4.69, 9.17) is 24.2 Å². The quantitative estimate of drug-likeness (QED) is 0.102. The van der Waals surface area contributed by atoms with Gasteiger partial charge in [-0.05, 0) is 72.7 Å². The number of alkyl carbamates (subject to hydrolysis) is 2. The molecule has 2 saturated heterocycles. The maximum absolute atomic E-state index is 13.9. The highest BCUT2D eigenvalue weighted by atomic mass is 16.5. The zero-order valence-corrected chi connectivity index (χ0v) is 35.1. The van der Waals surface area contributed by atoms with E-state index in [0.717, 1.165) is 100 Å². The molecule has 8 rings (SSSR count). The van der Waals surface area contributed by atoms with Crippen LogP contribution in [0, 0.1) is 11.8 Å². The summed E-state index contributed by atoms with van der Waals surface area (Å²) < 4.78 is 16.2. The van der Waals surface area contributed by atoms with Gasteiger partial charge >= 0.3 is 12.2 Å². The number of hydrogen-bond donors (Lipinski definition) is 4. The lowest BCUT2D eigenvalue weighted by atomic mass is 9.93. The lowest BCUT2D eigenvalue weighted by molar-refractivity contribution is -0.136. The van der Waals surface area contributed by atoms with Crippen molar-refractivity contribution in [2.75, 3.05) is 27.3 Å². The Balaban J connectivity index is 1.01. The van der Waals surface area contributed by atoms with Crippen LogP contribution in [0.3, 0.4) is 0 Å². The summed E-state index contributed by atoms with van der Waals surface area (Å²) in [4.78, 5) is 72.5. The predicted octanol–water partition coefficient (Wildman–Crippen LogP) is 7.67. The second-order valence-corrected chi connectivity index (χ2v) is 16.4. The molecule has 2 aromatic heterocycles. The van der Waals surface area contributed by atoms with Gasteiger partial charge in [0.05, 0.1) is 49.2 Å². The molecular weight excluding hydrogens is 765 g/mol. The van der Waals surface area contributed by atoms with Crippen LogP contribution >= 0.6 is 0 Å². The molecule has 60 heavy (non-hydrogen) atoms. The highest BCUT2D eigenvalue weighted by Crippen LogP contribution is 2.44. The van der Waals surface area contributed by atoms with E-state index >= 15 is 0 Å². The number of hydrogen-bond acceptors (Lipinski definition) is 9. The summed E-state index contributed by atoms with van der Waals surface area (Å²) >= 11 is 0. The number of fused-ring (bicyclic) bond motifs is 6. The number of benzene rings is 3. The lowest BCUT2D eigenvalue weighted by Crippen LogP contribution is -2.51. The number of carbonyl (C=O) groups is 4. The fourth-order valence-corrected chi connectivity index (χ4v) is 9.03. The molecular formula is C45H54N8O7. The van der Waals surface area contributed by atoms with Gasteiger partial charge in [-0.25, -0.2) is 19.6 Å². The smallest absolute Gasteiger partial charge is 0.407 e. The van der Waals surface area contributed by atoms with Gasteiger partial charge in [-0.3, -0.25) is 9.59 Å². The number of ether oxygens (including phenoxy) is 3. The number of imidazole rings is 2. The highest BCUT2D eigenvalue weighted by Gasteiger charge is 2.40. The standard InChI is InChI=1S/C45H54N8O7/c1-7-24(3)37(50-44(56)58-5)42(54)52-19-9-11-33(52)40-46-23-32(48-40)26-13-14-27-21-30-28-15-17-31-39(29(28)16-18-35(30)60-36(27)22-26)49-41(47-31)34-12-10-20-53(34)43(55)38(25(4)8-2)51-45(57)59-6/h13-18,22-25,33-34,37-38H,7-12,19-21H2,1-6H3,(H,46,48)(H,47,49)(H,50,56)(H,51,57)/t24-,25-,33-,34-,37-,38-/m0/s1. The summed E-state index contributed by atoms with van der Waals surface area (Å²) in [6.45, 7) is 9.08. The van der Waals surface area contributed by atoms with Gasteiger partial charge in [-0.1, -0.05) is 58.7 Å². The Labute approximate surface area is 348 Å². The number of rotatable bonds is 11. The van der Waals surface area contributed by atoms with Gasteiger partial charge in [0, 0.05) is 36.0 Å². The first-order valence-electron chi connectivity index (χ1n) is 21.1. The molecule has 15 nitrogen and oxygen atoms in total. The fraction of sp³-hybridized carbons (Fsp3) is 0.467. The Bertz CT molecular complexity index is 2440. The van der Waals surface area contributed by atoms with Crippen molar-refractivity contribution >= 4 is 45.8 Å². The molecule has 316 valence electrons. The number of carbonyl (C=O) groups excluding carboxylic acids is 4. The SMILES string of the molecule is CC[C@H](C)[C@H](NC(=O)OC)C(=O)N1CCC[C@H]1c1ncc(-c2ccc3c(c2)Oc2ccc4c(ccc5[nH]c([C@@H]6CCCN6C(=O)[C@@H](NC(=O)OC)[C@@H](C)CC)nc54)c2C3)[nH]1. The van der Waals surface area contributed by atoms with Crippen molar-refractivity contribution in [3.63, 3.8) is 0 Å². The van der Waals surface area contributed by atoms with E-state index in [0.29, 0.717) is 25.3 Å². The third-order valence-electron chi connectivity index (χ3n) is 12.9. The Morgan fingerprint density at radius 2 is 1.42 bits per heavy atom. The molecule has 15 heteroatoms. The molecule has 3 aromatic carbocycles. The molecule has 3 aliphatic rings. The van der Waals surface area contributed by atoms with Crippen molar-refractivity contribution in [1.82, 2.24) is 40.4 Å². The first-order valence-corrected chi connectivity index (χ1v) is 21.1. The Morgan fingerprint density at radius 3 is 2.03 bits per heavy atom. The van der Waals surface area contributed by atoms with Crippen LogP contribution in [0.4, 0.5) is 9.59 Å². The molecule has 4 amide bonds. The summed E-state index contributed by atoms with van der Waals surface area (Å²) in [6, 6.07) is 12.5. The zero-order chi connectivity index (χ0) is 42.2. The molecule has 5 heterocycles. The van der Waals surface area contributed by atoms with E-state index < -0.39 is 24.3 Å². The molecule has 0 radical (unpaired) electrons. The molecule has 5 aromatic rings. The molecule has 0 spiro atoms. The van der Waals surface area contributed by atoms with Gasteiger partial charge in [-0.2, -0.15) is 0 Å². The Hall–Kier alpha value is -6.12. The second-order valence-electron chi connectivity index (χ2n) is 16.4. The van der Waals surface area contributed by atoms with Crippen molar-refractivity contribution in [2.24, 2.45) is 11.8 Å². The van der Waals surface area contributed by atoms with Gasteiger partial charge in [0.1, 0.15) is 35.2 Å². The minimum atomic E-state index is -0.692. The normalized spacial score (nSPS) is 19.2. The fourth-order valence-electron chi connectivity index (χ4n) is 9.03. The monoisotopic (exact) mass is 818 g/mol. The van der Waals surface area contributed by atoms with E-state index in [2.05, 4.69) is 44.9 Å². The predicted molar refractivity (Wildman–Crippen MR) is 225 cm³/mol. The zero-order valence-electron chi connectivity index (χ0n) is 35.1. The average molecular weight is 819 g/mol. The van der Waals surface area contributed by atoms with E-state index in [1.807, 2.05) is 55.7 Å². The summed E-state index contributed by atoms with van der Waals surface area (Å²) in [6.07, 6.45) is 5.89. The third-order valence-corrected chi connectivity index (χ3v) is 12.9. The van der Waals surface area contributed by atoms with Crippen molar-refractivity contribution < 1.29 is 33.4 Å². The number of methoxy groups -OCH3 is 2. The van der Waals surface area contributed by atoms with E-state index in [9.17, 15) is 19.2 Å². The van der Waals surface area contributed by atoms with Crippen molar-refractivity contribution in [3.8, 4) is 22.8 Å². The second kappa shape index (κ2) is 16.9. The summed E-state index contributed by atoms with van der Waals surface area (Å²) in [5.41, 5.74) is 5.60. The maximum atomic E-state index is 13.9. The van der Waals surface area contributed by atoms with Crippen LogP contribution in [0.15, 0.2) is 48.7 Å². The minimum Gasteiger partial charge on any atom is -0.457 e. The topological polar surface area (TPSA) is 184 Å². The Kier molecular flexibility index (Phi) is 11.4. The summed E-state index contributed by atoms with van der Waals surface area (Å²) in [5.74, 6) is 2.59. The Morgan fingerprint density at radius 1 is 0.800 bits per heavy atom. The van der Waals surface area contributed by atoms with E-state index in [-0.39, 0.29) is 35.7 Å². The maximum Gasteiger partial charge on any atom is 0.407 e. The van der Waals surface area contributed by atoms with E-state index in [1.165, 1.54) is 14.2 Å². The van der Waals surface area contributed by atoms with Crippen LogP contribution in [0.25, 0.3) is 33.1 Å². The minimum absolute atomic E-state index is 0.0675. The molecule has 0 aliphatic carbocycles. The van der Waals surface area contributed by atoms with Crippen LogP contribution < -0.4 is 15.4 Å². The first-order chi connectivity index (χ1) is 29.0. The van der Waals surface area contributed by atoms with Crippen LogP contribution in [-0.4, -0.2) is 93.1 Å². The molecule has 3 aliphatic heterocycles. The van der Waals surface area contributed by atoms with Crippen LogP contribution in [0.1, 0.15) is 101 Å². The van der Waals surface area contributed by atoms with Gasteiger partial charge < -0.3 is 44.6 Å². The molecule has 0 saturated carbocycles. The number of nitrogens with zero attached hydrogens (tertiary/aromatic N) is 4. The third kappa shape index (κ3) is 7.49. The van der Waals surface area contributed by atoms with Gasteiger partial charge in [0.2, 0.25) is 11.8 Å². The molecule has 0 bridgehead atoms. The number of likely N-dealkylation sites (tertiary alicyclic amines) is 2. The van der Waals surface area contributed by atoms with Gasteiger partial charge in [0.25, 0.3) is 0 Å². The highest BCUT2D eigenvalue weighted by molar-refractivity contribution is 6.06. The van der Waals surface area contributed by atoms with Crippen LogP contribution in [-0.2, 0) is 25.5 Å². The molecule has 2 fully saturated rings. The number of aromatic nitrogens is 4. The first kappa shape index (κ1) is 40.7. The van der Waals surface area contributed by atoms with Crippen molar-refractivity contribution in [2.45, 2.75) is 96.8 Å². The summed E-state index contributed by atoms with van der Waals surface area (Å²) in [7, 11) is 2.60. The number of amides is 4. The van der Waals surface area contributed by atoms with Crippen LogP contribution in [0.2, 0.25) is 0 Å². The average Bonchev–Trinajstić information content (AvgIpc) is 4.11. The molecule has 4 N–H and O–H groups in total. The van der Waals surface area contributed by atoms with Crippen LogP contribution in [0.5, 0.6) is 11.5 Å². The molecule has 0 unspecified atom stereocenters. The number of nitrogens with one attached hydrogen (secondary N) is 4. The molecule has 6 atom stereocenters. The number of H-pyrrole nitrogens is 2. The lowest BCUT2D eigenvalue weighted by Gasteiger charge is -2.30.